The molecule has 0 bridgehead atoms. The van der Waals surface area contributed by atoms with Gasteiger partial charge in [0.1, 0.15) is 5.65 Å². The molecule has 180 valence electrons. The predicted octanol–water partition coefficient (Wildman–Crippen LogP) is 6.26. The number of aryl methyl sites for hydroxylation is 1. The lowest BCUT2D eigenvalue weighted by molar-refractivity contribution is 0.545. The number of nitrogens with zero attached hydrogens (tertiary/aromatic N) is 2. The molecule has 0 atom stereocenters. The molecule has 1 aliphatic carbocycles. The van der Waals surface area contributed by atoms with Gasteiger partial charge < -0.3 is 9.55 Å². The van der Waals surface area contributed by atoms with Gasteiger partial charge in [0.15, 0.2) is 5.43 Å². The minimum atomic E-state index is -4.85. The number of aromatic amines is 1. The summed E-state index contributed by atoms with van der Waals surface area (Å²) >= 11 is 0. The van der Waals surface area contributed by atoms with Crippen molar-refractivity contribution >= 4 is 43.1 Å². The molecule has 0 amide bonds. The summed E-state index contributed by atoms with van der Waals surface area (Å²) in [6.45, 7) is 1.86. The molecule has 36 heavy (non-hydrogen) atoms. The molecule has 2 heterocycles. The maximum Gasteiger partial charge on any atom is 0.332 e. The smallest absolute Gasteiger partial charge is 0.332 e. The average Bonchev–Trinajstić information content (AvgIpc) is 3.52. The van der Waals surface area contributed by atoms with Crippen LogP contribution < -0.4 is 5.43 Å². The van der Waals surface area contributed by atoms with Crippen molar-refractivity contribution in [1.29, 1.82) is 5.26 Å². The van der Waals surface area contributed by atoms with Crippen molar-refractivity contribution in [1.82, 2.24) is 9.55 Å². The van der Waals surface area contributed by atoms with E-state index in [1.54, 1.807) is 18.2 Å². The molecule has 0 unspecified atom stereocenters. The van der Waals surface area contributed by atoms with E-state index in [-0.39, 0.29) is 11.5 Å². The lowest BCUT2D eigenvalue weighted by Crippen LogP contribution is -2.14. The summed E-state index contributed by atoms with van der Waals surface area (Å²) in [6.07, 6.45) is 4.14. The summed E-state index contributed by atoms with van der Waals surface area (Å²) in [5, 5.41) is 11.3. The summed E-state index contributed by atoms with van der Waals surface area (Å²) in [5.74, 6) is 0. The summed E-state index contributed by atoms with van der Waals surface area (Å²) in [6, 6.07) is 17.2. The SMILES string of the molecule is Cc1cc2c(=O)c3c4ccc(C#N)cc4[nH]c3n(C3CCCC3)c2cc1-c1cccc(S(=O)(=O)F)c1. The minimum absolute atomic E-state index is 0.0973. The topological polar surface area (TPSA) is 95.7 Å². The van der Waals surface area contributed by atoms with Crippen molar-refractivity contribution in [2.75, 3.05) is 0 Å². The average molecular weight is 500 g/mol. The van der Waals surface area contributed by atoms with Crippen LogP contribution in [0.2, 0.25) is 0 Å². The van der Waals surface area contributed by atoms with Gasteiger partial charge in [0.2, 0.25) is 0 Å². The fourth-order valence-corrected chi connectivity index (χ4v) is 6.17. The summed E-state index contributed by atoms with van der Waals surface area (Å²) < 4.78 is 39.0. The fraction of sp³-hybridized carbons (Fsp3) is 0.214. The van der Waals surface area contributed by atoms with Crippen LogP contribution in [-0.4, -0.2) is 18.0 Å². The van der Waals surface area contributed by atoms with E-state index < -0.39 is 15.1 Å². The molecule has 0 saturated heterocycles. The van der Waals surface area contributed by atoms with Crippen molar-refractivity contribution < 1.29 is 12.3 Å². The number of fused-ring (bicyclic) bond motifs is 4. The third-order valence-electron chi connectivity index (χ3n) is 7.34. The van der Waals surface area contributed by atoms with Gasteiger partial charge in [-0.05, 0) is 72.9 Å². The first-order valence-corrected chi connectivity index (χ1v) is 13.2. The highest BCUT2D eigenvalue weighted by atomic mass is 32.3. The number of benzene rings is 3. The third-order valence-corrected chi connectivity index (χ3v) is 8.16. The number of pyridine rings is 1. The monoisotopic (exact) mass is 499 g/mol. The van der Waals surface area contributed by atoms with Crippen molar-refractivity contribution in [2.24, 2.45) is 0 Å². The Hall–Kier alpha value is -3.96. The van der Waals surface area contributed by atoms with E-state index in [0.29, 0.717) is 21.9 Å². The molecule has 6 rings (SSSR count). The molecular weight excluding hydrogens is 477 g/mol. The second kappa shape index (κ2) is 8.04. The van der Waals surface area contributed by atoms with E-state index in [9.17, 15) is 22.4 Å². The number of hydrogen-bond acceptors (Lipinski definition) is 4. The van der Waals surface area contributed by atoms with Crippen LogP contribution >= 0.6 is 0 Å². The van der Waals surface area contributed by atoms with Gasteiger partial charge in [-0.15, -0.1) is 3.89 Å². The van der Waals surface area contributed by atoms with E-state index in [0.717, 1.165) is 58.9 Å². The van der Waals surface area contributed by atoms with Crippen molar-refractivity contribution in [3.05, 3.63) is 75.9 Å². The number of rotatable bonds is 3. The highest BCUT2D eigenvalue weighted by molar-refractivity contribution is 7.86. The largest absolute Gasteiger partial charge is 0.340 e. The van der Waals surface area contributed by atoms with Crippen LogP contribution in [0.1, 0.15) is 42.9 Å². The fourth-order valence-electron chi connectivity index (χ4n) is 5.66. The number of halogens is 1. The molecule has 1 saturated carbocycles. The molecule has 6 nitrogen and oxygen atoms in total. The highest BCUT2D eigenvalue weighted by Gasteiger charge is 2.25. The minimum Gasteiger partial charge on any atom is -0.340 e. The Labute approximate surface area is 206 Å². The molecular formula is C28H22FN3O3S. The van der Waals surface area contributed by atoms with Gasteiger partial charge in [-0.3, -0.25) is 4.79 Å². The molecule has 0 spiro atoms. The number of hydrogen-bond donors (Lipinski definition) is 1. The van der Waals surface area contributed by atoms with Crippen LogP contribution in [0.15, 0.2) is 64.3 Å². The Morgan fingerprint density at radius 1 is 1.06 bits per heavy atom. The molecule has 2 aromatic heterocycles. The van der Waals surface area contributed by atoms with Gasteiger partial charge >= 0.3 is 10.2 Å². The van der Waals surface area contributed by atoms with Crippen molar-refractivity contribution in [3.8, 4) is 17.2 Å². The molecule has 1 fully saturated rings. The number of nitrogens with one attached hydrogen (secondary N) is 1. The summed E-state index contributed by atoms with van der Waals surface area (Å²) in [4.78, 5) is 16.9. The zero-order chi connectivity index (χ0) is 25.2. The van der Waals surface area contributed by atoms with Crippen LogP contribution in [-0.2, 0) is 10.2 Å². The molecule has 3 aromatic carbocycles. The molecule has 5 aromatic rings. The normalized spacial score (nSPS) is 14.7. The highest BCUT2D eigenvalue weighted by Crippen LogP contribution is 2.38. The molecule has 0 aliphatic heterocycles. The maximum absolute atomic E-state index is 13.8. The first-order chi connectivity index (χ1) is 17.3. The standard InChI is InChI=1S/C28H22FN3O3S/c1-16-11-23-25(14-22(16)18-5-4-8-20(13-18)36(29,34)35)32(19-6-2-3-7-19)28-26(27(23)33)21-10-9-17(15-30)12-24(21)31-28/h4-5,8-14,19,31H,2-3,6-7H2,1H3. The van der Waals surface area contributed by atoms with E-state index in [4.69, 9.17) is 0 Å². The van der Waals surface area contributed by atoms with E-state index in [1.165, 1.54) is 18.2 Å². The number of nitriles is 1. The van der Waals surface area contributed by atoms with Crippen LogP contribution in [0, 0.1) is 18.3 Å². The lowest BCUT2D eigenvalue weighted by atomic mass is 9.97. The van der Waals surface area contributed by atoms with Crippen LogP contribution in [0.5, 0.6) is 0 Å². The maximum atomic E-state index is 13.8. The second-order valence-corrected chi connectivity index (χ2v) is 10.9. The first kappa shape index (κ1) is 22.5. The van der Waals surface area contributed by atoms with Crippen LogP contribution in [0.3, 0.4) is 0 Å². The quantitative estimate of drug-likeness (QED) is 0.297. The van der Waals surface area contributed by atoms with Crippen LogP contribution in [0.4, 0.5) is 3.89 Å². The number of H-pyrrole nitrogens is 1. The Morgan fingerprint density at radius 2 is 1.83 bits per heavy atom. The Kier molecular flexibility index (Phi) is 5.02. The Balaban J connectivity index is 1.73. The Bertz CT molecular complexity index is 1920. The van der Waals surface area contributed by atoms with Gasteiger partial charge in [0, 0.05) is 22.3 Å². The second-order valence-electron chi connectivity index (χ2n) is 9.51. The zero-order valence-corrected chi connectivity index (χ0v) is 20.3. The van der Waals surface area contributed by atoms with Gasteiger partial charge in [-0.25, -0.2) is 0 Å². The third kappa shape index (κ3) is 3.42. The summed E-state index contributed by atoms with van der Waals surface area (Å²) in [5.41, 5.74) is 4.72. The van der Waals surface area contributed by atoms with Crippen LogP contribution in [0.25, 0.3) is 44.0 Å². The summed E-state index contributed by atoms with van der Waals surface area (Å²) in [7, 11) is -4.85. The van der Waals surface area contributed by atoms with Gasteiger partial charge in [0.05, 0.1) is 27.4 Å². The zero-order valence-electron chi connectivity index (χ0n) is 19.5. The number of aromatic nitrogens is 2. The molecule has 0 radical (unpaired) electrons. The first-order valence-electron chi connectivity index (χ1n) is 11.9. The van der Waals surface area contributed by atoms with Crippen molar-refractivity contribution in [2.45, 2.75) is 43.5 Å². The van der Waals surface area contributed by atoms with E-state index in [1.807, 2.05) is 25.1 Å². The Morgan fingerprint density at radius 3 is 2.56 bits per heavy atom. The predicted molar refractivity (Wildman–Crippen MR) is 138 cm³/mol. The van der Waals surface area contributed by atoms with E-state index >= 15 is 0 Å². The van der Waals surface area contributed by atoms with E-state index in [2.05, 4.69) is 15.6 Å². The van der Waals surface area contributed by atoms with Crippen molar-refractivity contribution in [3.63, 3.8) is 0 Å². The lowest BCUT2D eigenvalue weighted by Gasteiger charge is -2.21. The molecule has 8 heteroatoms. The van der Waals surface area contributed by atoms with Gasteiger partial charge in [-0.2, -0.15) is 13.7 Å². The molecule has 1 aliphatic rings. The van der Waals surface area contributed by atoms with Gasteiger partial charge in [0.25, 0.3) is 0 Å². The molecule has 1 N–H and O–H groups in total. The van der Waals surface area contributed by atoms with Gasteiger partial charge in [-0.1, -0.05) is 31.0 Å².